The zero-order valence-electron chi connectivity index (χ0n) is 14.1. The second kappa shape index (κ2) is 14.4. The van der Waals surface area contributed by atoms with Gasteiger partial charge in [-0.05, 0) is 38.5 Å². The molecule has 0 radical (unpaired) electrons. The van der Waals surface area contributed by atoms with Crippen LogP contribution < -0.4 is 0 Å². The minimum atomic E-state index is 0.509. The fourth-order valence-corrected chi connectivity index (χ4v) is 3.12. The van der Waals surface area contributed by atoms with Crippen molar-refractivity contribution in [1.29, 1.82) is 0 Å². The normalized spacial score (nSPS) is 22.8. The van der Waals surface area contributed by atoms with E-state index in [0.717, 1.165) is 25.7 Å². The fourth-order valence-electron chi connectivity index (χ4n) is 3.12. The summed E-state index contributed by atoms with van der Waals surface area (Å²) in [5.41, 5.74) is 0. The topological polar surface area (TPSA) is 17.1 Å². The molecule has 0 aromatic heterocycles. The number of allylic oxidation sites excluding steroid dienone is 2. The summed E-state index contributed by atoms with van der Waals surface area (Å²) in [6, 6.07) is 0. The van der Waals surface area contributed by atoms with Crippen molar-refractivity contribution in [3.05, 3.63) is 12.2 Å². The molecule has 0 aromatic rings. The number of hydrogen-bond acceptors (Lipinski definition) is 1. The van der Waals surface area contributed by atoms with Crippen LogP contribution in [0.25, 0.3) is 0 Å². The van der Waals surface area contributed by atoms with Gasteiger partial charge in [0.25, 0.3) is 0 Å². The van der Waals surface area contributed by atoms with Crippen molar-refractivity contribution in [3.8, 4) is 0 Å². The van der Waals surface area contributed by atoms with Crippen LogP contribution >= 0.6 is 0 Å². The molecule has 1 rings (SSSR count). The van der Waals surface area contributed by atoms with Crippen LogP contribution in [-0.4, -0.2) is 5.78 Å². The molecule has 0 saturated carbocycles. The highest BCUT2D eigenvalue weighted by molar-refractivity contribution is 5.78. The molecule has 122 valence electrons. The third-order valence-corrected chi connectivity index (χ3v) is 4.57. The van der Waals surface area contributed by atoms with Crippen LogP contribution in [0.2, 0.25) is 0 Å². The van der Waals surface area contributed by atoms with Crippen molar-refractivity contribution in [2.24, 2.45) is 0 Å². The van der Waals surface area contributed by atoms with Gasteiger partial charge < -0.3 is 0 Å². The maximum atomic E-state index is 11.8. The molecule has 0 unspecified atom stereocenters. The standard InChI is InChI=1S/C20H36O/c21-20-18-16-14-12-10-8-6-4-2-1-3-5-7-9-11-13-15-17-19-20/h1-2H,3-19H2. The van der Waals surface area contributed by atoms with Crippen LogP contribution in [0, 0.1) is 0 Å². The summed E-state index contributed by atoms with van der Waals surface area (Å²) in [5, 5.41) is 0. The number of Topliss-reactive ketones (excluding diaryl/α,β-unsaturated/α-hetero) is 1. The predicted octanol–water partition coefficient (Wildman–Crippen LogP) is 6.76. The smallest absolute Gasteiger partial charge is 0.132 e. The molecule has 0 heterocycles. The van der Waals surface area contributed by atoms with Crippen LogP contribution in [0.5, 0.6) is 0 Å². The Labute approximate surface area is 132 Å². The van der Waals surface area contributed by atoms with Crippen LogP contribution in [0.15, 0.2) is 12.2 Å². The highest BCUT2D eigenvalue weighted by Gasteiger charge is 2.02. The van der Waals surface area contributed by atoms with Crippen molar-refractivity contribution in [2.45, 2.75) is 109 Å². The lowest BCUT2D eigenvalue weighted by atomic mass is 10.0. The van der Waals surface area contributed by atoms with Gasteiger partial charge in [0, 0.05) is 12.8 Å². The first-order chi connectivity index (χ1) is 10.4. The SMILES string of the molecule is O=C1CCCCCCCCC=CCCCCCCCCC1. The molecule has 1 nitrogen and oxygen atoms in total. The highest BCUT2D eigenvalue weighted by Crippen LogP contribution is 2.13. The first-order valence-electron chi connectivity index (χ1n) is 9.56. The van der Waals surface area contributed by atoms with Crippen LogP contribution in [0.1, 0.15) is 109 Å². The summed E-state index contributed by atoms with van der Waals surface area (Å²) in [7, 11) is 0. The molecule has 0 bridgehead atoms. The lowest BCUT2D eigenvalue weighted by Gasteiger charge is -2.04. The van der Waals surface area contributed by atoms with Crippen molar-refractivity contribution in [2.75, 3.05) is 0 Å². The first kappa shape index (κ1) is 18.5. The quantitative estimate of drug-likeness (QED) is 0.451. The van der Waals surface area contributed by atoms with Crippen molar-refractivity contribution in [1.82, 2.24) is 0 Å². The van der Waals surface area contributed by atoms with Crippen molar-refractivity contribution < 1.29 is 4.79 Å². The van der Waals surface area contributed by atoms with E-state index in [-0.39, 0.29) is 0 Å². The van der Waals surface area contributed by atoms with Gasteiger partial charge in [-0.2, -0.15) is 0 Å². The van der Waals surface area contributed by atoms with Crippen LogP contribution in [0.3, 0.4) is 0 Å². The van der Waals surface area contributed by atoms with Crippen molar-refractivity contribution in [3.63, 3.8) is 0 Å². The Bertz CT molecular complexity index is 267. The Balaban J connectivity index is 2.15. The predicted molar refractivity (Wildman–Crippen MR) is 92.6 cm³/mol. The monoisotopic (exact) mass is 292 g/mol. The molecule has 0 aromatic carbocycles. The van der Waals surface area contributed by atoms with E-state index in [4.69, 9.17) is 0 Å². The molecule has 0 spiro atoms. The second-order valence-electron chi connectivity index (χ2n) is 6.68. The number of carbonyl (C=O) groups excluding carboxylic acids is 1. The Morgan fingerprint density at radius 2 is 0.810 bits per heavy atom. The molecule has 0 N–H and O–H groups in total. The van der Waals surface area contributed by atoms with E-state index in [9.17, 15) is 4.79 Å². The molecule has 0 atom stereocenters. The molecule has 1 aliphatic carbocycles. The number of rotatable bonds is 0. The lowest BCUT2D eigenvalue weighted by Crippen LogP contribution is -1.97. The lowest BCUT2D eigenvalue weighted by molar-refractivity contribution is -0.119. The van der Waals surface area contributed by atoms with E-state index in [1.165, 1.54) is 83.5 Å². The second-order valence-corrected chi connectivity index (χ2v) is 6.68. The maximum Gasteiger partial charge on any atom is 0.132 e. The molecule has 1 heteroatoms. The van der Waals surface area contributed by atoms with Gasteiger partial charge >= 0.3 is 0 Å². The third-order valence-electron chi connectivity index (χ3n) is 4.57. The molecule has 1 aliphatic rings. The first-order valence-corrected chi connectivity index (χ1v) is 9.56. The summed E-state index contributed by atoms with van der Waals surface area (Å²) < 4.78 is 0. The zero-order valence-corrected chi connectivity index (χ0v) is 14.1. The van der Waals surface area contributed by atoms with Gasteiger partial charge in [-0.15, -0.1) is 0 Å². The largest absolute Gasteiger partial charge is 0.300 e. The Morgan fingerprint density at radius 1 is 0.476 bits per heavy atom. The number of ketones is 1. The van der Waals surface area contributed by atoms with E-state index >= 15 is 0 Å². The van der Waals surface area contributed by atoms with E-state index in [1.807, 2.05) is 0 Å². The Morgan fingerprint density at radius 3 is 1.24 bits per heavy atom. The Kier molecular flexibility index (Phi) is 12.6. The van der Waals surface area contributed by atoms with Crippen molar-refractivity contribution >= 4 is 5.78 Å². The molecule has 21 heavy (non-hydrogen) atoms. The average Bonchev–Trinajstić information content (AvgIpc) is 2.48. The minimum Gasteiger partial charge on any atom is -0.300 e. The Hall–Kier alpha value is -0.590. The molecular formula is C20H36O. The fraction of sp³-hybridized carbons (Fsp3) is 0.850. The van der Waals surface area contributed by atoms with Gasteiger partial charge in [0.2, 0.25) is 0 Å². The molecule has 0 amide bonds. The summed E-state index contributed by atoms with van der Waals surface area (Å²) in [4.78, 5) is 11.8. The van der Waals surface area contributed by atoms with Gasteiger partial charge in [-0.1, -0.05) is 69.9 Å². The molecule has 0 saturated heterocycles. The average molecular weight is 293 g/mol. The van der Waals surface area contributed by atoms with Gasteiger partial charge in [0.05, 0.1) is 0 Å². The summed E-state index contributed by atoms with van der Waals surface area (Å²) in [5.74, 6) is 0.509. The van der Waals surface area contributed by atoms with Crippen LogP contribution in [-0.2, 0) is 4.79 Å². The summed E-state index contributed by atoms with van der Waals surface area (Å²) in [6.45, 7) is 0. The van der Waals surface area contributed by atoms with Crippen LogP contribution in [0.4, 0.5) is 0 Å². The minimum absolute atomic E-state index is 0.509. The van der Waals surface area contributed by atoms with Gasteiger partial charge in [-0.3, -0.25) is 4.79 Å². The maximum absolute atomic E-state index is 11.8. The number of hydrogen-bond donors (Lipinski definition) is 0. The van der Waals surface area contributed by atoms with E-state index in [2.05, 4.69) is 12.2 Å². The summed E-state index contributed by atoms with van der Waals surface area (Å²) >= 11 is 0. The van der Waals surface area contributed by atoms with Gasteiger partial charge in [-0.25, -0.2) is 0 Å². The summed E-state index contributed by atoms with van der Waals surface area (Å²) in [6.07, 6.45) is 25.9. The molecular weight excluding hydrogens is 256 g/mol. The van der Waals surface area contributed by atoms with E-state index in [0.29, 0.717) is 5.78 Å². The van der Waals surface area contributed by atoms with Gasteiger partial charge in [0.1, 0.15) is 5.78 Å². The van der Waals surface area contributed by atoms with E-state index < -0.39 is 0 Å². The third kappa shape index (κ3) is 12.8. The zero-order chi connectivity index (χ0) is 15.0. The van der Waals surface area contributed by atoms with Gasteiger partial charge in [0.15, 0.2) is 0 Å². The highest BCUT2D eigenvalue weighted by atomic mass is 16.1. The number of carbonyl (C=O) groups is 1. The van der Waals surface area contributed by atoms with E-state index in [1.54, 1.807) is 0 Å². The molecule has 0 fully saturated rings. The molecule has 0 aliphatic heterocycles.